The van der Waals surface area contributed by atoms with E-state index in [1.54, 1.807) is 0 Å². The van der Waals surface area contributed by atoms with Gasteiger partial charge in [-0.05, 0) is 44.0 Å². The summed E-state index contributed by atoms with van der Waals surface area (Å²) in [5.41, 5.74) is 1.29. The summed E-state index contributed by atoms with van der Waals surface area (Å²) >= 11 is 0. The fraction of sp³-hybridized carbons (Fsp3) is 0.588. The third-order valence-corrected chi connectivity index (χ3v) is 4.90. The predicted molar refractivity (Wildman–Crippen MR) is 99.8 cm³/mol. The minimum absolute atomic E-state index is 0. The first-order chi connectivity index (χ1) is 10.2. The van der Waals surface area contributed by atoms with Crippen LogP contribution in [0, 0.1) is 11.8 Å². The Morgan fingerprint density at radius 1 is 1.17 bits per heavy atom. The highest BCUT2D eigenvalue weighted by atomic mass is 35.5. The molecule has 3 rings (SSSR count). The van der Waals surface area contributed by atoms with Crippen LogP contribution in [0.5, 0.6) is 0 Å². The van der Waals surface area contributed by atoms with Crippen LogP contribution in [0.2, 0.25) is 0 Å². The van der Waals surface area contributed by atoms with Crippen molar-refractivity contribution < 1.29 is 4.79 Å². The number of carbonyl (C=O) groups is 1. The maximum atomic E-state index is 12.2. The first-order valence-corrected chi connectivity index (χ1v) is 8.05. The number of anilines is 1. The largest absolute Gasteiger partial charge is 0.371 e. The van der Waals surface area contributed by atoms with Gasteiger partial charge in [-0.2, -0.15) is 0 Å². The number of benzene rings is 1. The second-order valence-electron chi connectivity index (χ2n) is 6.31. The van der Waals surface area contributed by atoms with E-state index in [1.165, 1.54) is 5.69 Å². The molecule has 1 amide bonds. The third kappa shape index (κ3) is 5.00. The van der Waals surface area contributed by atoms with Crippen LogP contribution in [0.15, 0.2) is 30.3 Å². The molecule has 6 heteroatoms. The van der Waals surface area contributed by atoms with Gasteiger partial charge >= 0.3 is 0 Å². The van der Waals surface area contributed by atoms with Crippen LogP contribution < -0.4 is 15.5 Å². The summed E-state index contributed by atoms with van der Waals surface area (Å²) in [7, 11) is 0. The molecule has 2 N–H and O–H groups in total. The quantitative estimate of drug-likeness (QED) is 0.867. The zero-order valence-electron chi connectivity index (χ0n) is 13.5. The molecule has 2 fully saturated rings. The van der Waals surface area contributed by atoms with E-state index in [0.717, 1.165) is 39.0 Å². The molecule has 4 nitrogen and oxygen atoms in total. The SMILES string of the molecule is CC(C(=O)NC1CCN(c2ccccc2)CC1)C1CNC1.Cl.Cl. The van der Waals surface area contributed by atoms with Crippen molar-refractivity contribution in [2.24, 2.45) is 11.8 Å². The number of hydrogen-bond acceptors (Lipinski definition) is 3. The van der Waals surface area contributed by atoms with Crippen LogP contribution in [-0.4, -0.2) is 38.1 Å². The number of hydrogen-bond donors (Lipinski definition) is 2. The highest BCUT2D eigenvalue weighted by Gasteiger charge is 2.30. The zero-order valence-corrected chi connectivity index (χ0v) is 15.2. The number of amides is 1. The standard InChI is InChI=1S/C17H25N3O.2ClH/c1-13(14-11-18-12-14)17(21)19-15-7-9-20(10-8-15)16-5-3-2-4-6-16;;/h2-6,13-15,18H,7-12H2,1H3,(H,19,21);2*1H. The van der Waals surface area contributed by atoms with Crippen molar-refractivity contribution in [2.75, 3.05) is 31.1 Å². The minimum Gasteiger partial charge on any atom is -0.371 e. The van der Waals surface area contributed by atoms with Crippen LogP contribution in [0.3, 0.4) is 0 Å². The van der Waals surface area contributed by atoms with E-state index >= 15 is 0 Å². The molecule has 2 aliphatic heterocycles. The van der Waals surface area contributed by atoms with Gasteiger partial charge in [-0.15, -0.1) is 24.8 Å². The van der Waals surface area contributed by atoms with Gasteiger partial charge in [0.25, 0.3) is 0 Å². The van der Waals surface area contributed by atoms with Crippen LogP contribution in [0.25, 0.3) is 0 Å². The van der Waals surface area contributed by atoms with Gasteiger partial charge in [-0.3, -0.25) is 4.79 Å². The Morgan fingerprint density at radius 3 is 2.30 bits per heavy atom. The topological polar surface area (TPSA) is 44.4 Å². The lowest BCUT2D eigenvalue weighted by Gasteiger charge is -2.36. The lowest BCUT2D eigenvalue weighted by Crippen LogP contribution is -2.52. The second kappa shape index (κ2) is 9.36. The predicted octanol–water partition coefficient (Wildman–Crippen LogP) is 2.47. The van der Waals surface area contributed by atoms with Gasteiger partial charge in [-0.1, -0.05) is 25.1 Å². The van der Waals surface area contributed by atoms with E-state index in [2.05, 4.69) is 46.7 Å². The Labute approximate surface area is 151 Å². The molecule has 0 radical (unpaired) electrons. The number of piperidine rings is 1. The van der Waals surface area contributed by atoms with Crippen molar-refractivity contribution in [3.63, 3.8) is 0 Å². The van der Waals surface area contributed by atoms with E-state index in [0.29, 0.717) is 12.0 Å². The van der Waals surface area contributed by atoms with E-state index in [-0.39, 0.29) is 36.6 Å². The van der Waals surface area contributed by atoms with Crippen LogP contribution in [0.4, 0.5) is 5.69 Å². The maximum Gasteiger partial charge on any atom is 0.223 e. The molecule has 1 aromatic carbocycles. The number of nitrogens with zero attached hydrogens (tertiary/aromatic N) is 1. The van der Waals surface area contributed by atoms with E-state index in [4.69, 9.17) is 0 Å². The average Bonchev–Trinajstić information content (AvgIpc) is 2.47. The van der Waals surface area contributed by atoms with E-state index in [9.17, 15) is 4.79 Å². The molecule has 0 aliphatic carbocycles. The van der Waals surface area contributed by atoms with Crippen molar-refractivity contribution in [1.29, 1.82) is 0 Å². The lowest BCUT2D eigenvalue weighted by atomic mass is 9.88. The van der Waals surface area contributed by atoms with Crippen molar-refractivity contribution in [1.82, 2.24) is 10.6 Å². The van der Waals surface area contributed by atoms with Gasteiger partial charge < -0.3 is 15.5 Å². The molecule has 1 unspecified atom stereocenters. The summed E-state index contributed by atoms with van der Waals surface area (Å²) in [6, 6.07) is 10.9. The highest BCUT2D eigenvalue weighted by Crippen LogP contribution is 2.21. The summed E-state index contributed by atoms with van der Waals surface area (Å²) in [5, 5.41) is 6.48. The summed E-state index contributed by atoms with van der Waals surface area (Å²) in [4.78, 5) is 14.6. The van der Waals surface area contributed by atoms with Gasteiger partial charge in [0, 0.05) is 30.7 Å². The number of halogens is 2. The molecule has 1 atom stereocenters. The third-order valence-electron chi connectivity index (χ3n) is 4.90. The number of carbonyl (C=O) groups excluding carboxylic acids is 1. The molecule has 0 spiro atoms. The molecule has 2 aliphatic rings. The normalized spacial score (nSPS) is 19.8. The second-order valence-corrected chi connectivity index (χ2v) is 6.31. The Morgan fingerprint density at radius 2 is 1.78 bits per heavy atom. The lowest BCUT2D eigenvalue weighted by molar-refractivity contribution is -0.127. The zero-order chi connectivity index (χ0) is 14.7. The molecule has 130 valence electrons. The fourth-order valence-electron chi connectivity index (χ4n) is 3.13. The van der Waals surface area contributed by atoms with Crippen molar-refractivity contribution in [3.8, 4) is 0 Å². The first-order valence-electron chi connectivity index (χ1n) is 8.05. The Bertz CT molecular complexity index is 474. The summed E-state index contributed by atoms with van der Waals surface area (Å²) in [5.74, 6) is 0.896. The van der Waals surface area contributed by atoms with Crippen LogP contribution in [0.1, 0.15) is 19.8 Å². The molecule has 2 heterocycles. The van der Waals surface area contributed by atoms with Gasteiger partial charge in [0.1, 0.15) is 0 Å². The van der Waals surface area contributed by atoms with Gasteiger partial charge in [0.15, 0.2) is 0 Å². The van der Waals surface area contributed by atoms with Crippen LogP contribution in [-0.2, 0) is 4.79 Å². The van der Waals surface area contributed by atoms with Gasteiger partial charge in [0.05, 0.1) is 0 Å². The van der Waals surface area contributed by atoms with Crippen molar-refractivity contribution >= 4 is 36.4 Å². The van der Waals surface area contributed by atoms with E-state index < -0.39 is 0 Å². The fourth-order valence-corrected chi connectivity index (χ4v) is 3.13. The van der Waals surface area contributed by atoms with Gasteiger partial charge in [-0.25, -0.2) is 0 Å². The summed E-state index contributed by atoms with van der Waals surface area (Å²) in [6.07, 6.45) is 2.08. The molecule has 0 saturated carbocycles. The average molecular weight is 360 g/mol. The van der Waals surface area contributed by atoms with Crippen LogP contribution >= 0.6 is 24.8 Å². The summed E-state index contributed by atoms with van der Waals surface area (Å²) < 4.78 is 0. The first kappa shape index (κ1) is 20.1. The Hall–Kier alpha value is -0.970. The molecule has 23 heavy (non-hydrogen) atoms. The van der Waals surface area contributed by atoms with Crippen molar-refractivity contribution in [2.45, 2.75) is 25.8 Å². The smallest absolute Gasteiger partial charge is 0.223 e. The molecule has 0 aromatic heterocycles. The molecular formula is C17H27Cl2N3O. The number of nitrogens with one attached hydrogen (secondary N) is 2. The van der Waals surface area contributed by atoms with E-state index in [1.807, 2.05) is 6.07 Å². The maximum absolute atomic E-state index is 12.2. The number of rotatable bonds is 4. The summed E-state index contributed by atoms with van der Waals surface area (Å²) in [6.45, 7) is 6.07. The van der Waals surface area contributed by atoms with Crippen molar-refractivity contribution in [3.05, 3.63) is 30.3 Å². The molecule has 0 bridgehead atoms. The Kier molecular flexibility index (Phi) is 8.17. The monoisotopic (exact) mass is 359 g/mol. The molecule has 2 saturated heterocycles. The highest BCUT2D eigenvalue weighted by molar-refractivity contribution is 5.85. The minimum atomic E-state index is 0. The molecular weight excluding hydrogens is 333 g/mol. The molecule has 1 aromatic rings. The number of para-hydroxylation sites is 1. The van der Waals surface area contributed by atoms with Gasteiger partial charge in [0.2, 0.25) is 5.91 Å². The Balaban J connectivity index is 0.00000132.